The van der Waals surface area contributed by atoms with E-state index in [-0.39, 0.29) is 12.2 Å². The summed E-state index contributed by atoms with van der Waals surface area (Å²) in [6.45, 7) is 2.51. The third-order valence-electron chi connectivity index (χ3n) is 3.67. The first-order chi connectivity index (χ1) is 11.4. The van der Waals surface area contributed by atoms with Crippen molar-refractivity contribution < 1.29 is 14.2 Å². The summed E-state index contributed by atoms with van der Waals surface area (Å²) in [6, 6.07) is 20.4. The van der Waals surface area contributed by atoms with E-state index in [1.165, 1.54) is 11.1 Å². The van der Waals surface area contributed by atoms with Crippen molar-refractivity contribution in [2.24, 2.45) is 0 Å². The quantitative estimate of drug-likeness (QED) is 0.401. The Morgan fingerprint density at radius 1 is 0.826 bits per heavy atom. The van der Waals surface area contributed by atoms with E-state index in [9.17, 15) is 0 Å². The molecule has 0 spiro atoms. The number of benzene rings is 2. The predicted octanol–water partition coefficient (Wildman–Crippen LogP) is 3.74. The Hall–Kier alpha value is -1.94. The van der Waals surface area contributed by atoms with E-state index in [4.69, 9.17) is 14.2 Å². The molecule has 0 unspecified atom stereocenters. The first-order valence-electron chi connectivity index (χ1n) is 7.97. The summed E-state index contributed by atoms with van der Waals surface area (Å²) in [4.78, 5) is 0. The van der Waals surface area contributed by atoms with Crippen molar-refractivity contribution in [2.75, 3.05) is 13.2 Å². The zero-order valence-corrected chi connectivity index (χ0v) is 13.1. The number of hydrogen-bond acceptors (Lipinski definition) is 3. The zero-order chi connectivity index (χ0) is 15.7. The van der Waals surface area contributed by atoms with Crippen LogP contribution in [0.1, 0.15) is 11.1 Å². The SMILES string of the molecule is C(=C\[C@H]1O[C@H]1COCc1ccccc1)/COCc1ccccc1. The van der Waals surface area contributed by atoms with Crippen LogP contribution < -0.4 is 0 Å². The van der Waals surface area contributed by atoms with Crippen LogP contribution in [0.25, 0.3) is 0 Å². The van der Waals surface area contributed by atoms with E-state index in [1.54, 1.807) is 0 Å². The molecule has 23 heavy (non-hydrogen) atoms. The molecule has 0 radical (unpaired) electrons. The zero-order valence-electron chi connectivity index (χ0n) is 13.1. The number of ether oxygens (including phenoxy) is 3. The second kappa shape index (κ2) is 8.63. The molecule has 0 N–H and O–H groups in total. The summed E-state index contributed by atoms with van der Waals surface area (Å²) in [7, 11) is 0. The number of hydrogen-bond donors (Lipinski definition) is 0. The van der Waals surface area contributed by atoms with Gasteiger partial charge in [0, 0.05) is 0 Å². The molecule has 1 saturated heterocycles. The smallest absolute Gasteiger partial charge is 0.111 e. The molecule has 0 bridgehead atoms. The Labute approximate surface area is 137 Å². The molecule has 3 nitrogen and oxygen atoms in total. The van der Waals surface area contributed by atoms with Crippen molar-refractivity contribution >= 4 is 0 Å². The molecular weight excluding hydrogens is 288 g/mol. The van der Waals surface area contributed by atoms with Crippen LogP contribution in [0.3, 0.4) is 0 Å². The molecule has 3 rings (SSSR count). The Morgan fingerprint density at radius 3 is 2.09 bits per heavy atom. The Balaban J connectivity index is 1.25. The van der Waals surface area contributed by atoms with E-state index >= 15 is 0 Å². The van der Waals surface area contributed by atoms with Gasteiger partial charge in [0.05, 0.1) is 26.4 Å². The molecular formula is C20H22O3. The van der Waals surface area contributed by atoms with E-state index in [1.807, 2.05) is 42.5 Å². The molecule has 2 atom stereocenters. The summed E-state index contributed by atoms with van der Waals surface area (Å²) in [5.74, 6) is 0. The minimum absolute atomic E-state index is 0.172. The molecule has 0 aliphatic carbocycles. The fourth-order valence-corrected chi connectivity index (χ4v) is 2.34. The van der Waals surface area contributed by atoms with Crippen LogP contribution in [0.15, 0.2) is 72.8 Å². The monoisotopic (exact) mass is 310 g/mol. The van der Waals surface area contributed by atoms with Gasteiger partial charge >= 0.3 is 0 Å². The van der Waals surface area contributed by atoms with Gasteiger partial charge in [0.2, 0.25) is 0 Å². The standard InChI is InChI=1S/C20H22O3/c1-3-8-17(9-4-1)14-21-13-7-12-19-20(23-19)16-22-15-18-10-5-2-6-11-18/h1-12,19-20H,13-16H2/b12-7+/t19-,20+/m1/s1. The summed E-state index contributed by atoms with van der Waals surface area (Å²) >= 11 is 0. The summed E-state index contributed by atoms with van der Waals surface area (Å²) in [6.07, 6.45) is 4.43. The molecule has 3 heteroatoms. The van der Waals surface area contributed by atoms with Crippen LogP contribution in [-0.4, -0.2) is 25.4 Å². The Bertz CT molecular complexity index is 595. The molecule has 0 aromatic heterocycles. The van der Waals surface area contributed by atoms with Crippen molar-refractivity contribution in [3.05, 3.63) is 83.9 Å². The van der Waals surface area contributed by atoms with Crippen molar-refractivity contribution in [3.8, 4) is 0 Å². The predicted molar refractivity (Wildman–Crippen MR) is 90.0 cm³/mol. The van der Waals surface area contributed by atoms with Crippen LogP contribution >= 0.6 is 0 Å². The van der Waals surface area contributed by atoms with Crippen molar-refractivity contribution in [2.45, 2.75) is 25.4 Å². The van der Waals surface area contributed by atoms with Gasteiger partial charge in [-0.3, -0.25) is 0 Å². The molecule has 2 aromatic rings. The maximum Gasteiger partial charge on any atom is 0.111 e. The van der Waals surface area contributed by atoms with E-state index < -0.39 is 0 Å². The lowest BCUT2D eigenvalue weighted by atomic mass is 10.2. The fourth-order valence-electron chi connectivity index (χ4n) is 2.34. The molecule has 1 heterocycles. The first kappa shape index (κ1) is 15.9. The molecule has 2 aromatic carbocycles. The van der Waals surface area contributed by atoms with Crippen molar-refractivity contribution in [1.82, 2.24) is 0 Å². The minimum Gasteiger partial charge on any atom is -0.374 e. The molecule has 1 aliphatic rings. The lowest BCUT2D eigenvalue weighted by molar-refractivity contribution is 0.104. The Kier molecular flexibility index (Phi) is 5.98. The summed E-state index contributed by atoms with van der Waals surface area (Å²) in [5, 5.41) is 0. The second-order valence-corrected chi connectivity index (χ2v) is 5.57. The van der Waals surface area contributed by atoms with Crippen molar-refractivity contribution in [3.63, 3.8) is 0 Å². The van der Waals surface area contributed by atoms with Crippen LogP contribution in [0.4, 0.5) is 0 Å². The lowest BCUT2D eigenvalue weighted by Gasteiger charge is -2.01. The normalized spacial score (nSPS) is 20.0. The van der Waals surface area contributed by atoms with Gasteiger partial charge in [-0.25, -0.2) is 0 Å². The summed E-state index contributed by atoms with van der Waals surface area (Å²) in [5.41, 5.74) is 2.38. The molecule has 0 saturated carbocycles. The fraction of sp³-hybridized carbons (Fsp3) is 0.300. The van der Waals surface area contributed by atoms with Gasteiger partial charge in [0.15, 0.2) is 0 Å². The highest BCUT2D eigenvalue weighted by Crippen LogP contribution is 2.23. The average Bonchev–Trinajstić information content (AvgIpc) is 3.35. The van der Waals surface area contributed by atoms with Gasteiger partial charge in [0.1, 0.15) is 12.2 Å². The lowest BCUT2D eigenvalue weighted by Crippen LogP contribution is -2.04. The highest BCUT2D eigenvalue weighted by molar-refractivity contribution is 5.14. The van der Waals surface area contributed by atoms with Gasteiger partial charge in [-0.1, -0.05) is 72.8 Å². The van der Waals surface area contributed by atoms with Crippen LogP contribution in [-0.2, 0) is 27.4 Å². The van der Waals surface area contributed by atoms with Gasteiger partial charge in [0.25, 0.3) is 0 Å². The first-order valence-corrected chi connectivity index (χ1v) is 7.97. The highest BCUT2D eigenvalue weighted by Gasteiger charge is 2.36. The number of epoxide rings is 1. The van der Waals surface area contributed by atoms with Gasteiger partial charge in [-0.05, 0) is 11.1 Å². The third kappa shape index (κ3) is 5.64. The molecule has 120 valence electrons. The molecule has 0 amide bonds. The largest absolute Gasteiger partial charge is 0.374 e. The van der Waals surface area contributed by atoms with Crippen LogP contribution in [0.2, 0.25) is 0 Å². The van der Waals surface area contributed by atoms with Gasteiger partial charge in [-0.15, -0.1) is 0 Å². The molecule has 1 aliphatic heterocycles. The third-order valence-corrected chi connectivity index (χ3v) is 3.67. The maximum absolute atomic E-state index is 5.67. The molecule has 1 fully saturated rings. The maximum atomic E-state index is 5.67. The topological polar surface area (TPSA) is 31.0 Å². The minimum atomic E-state index is 0.172. The van der Waals surface area contributed by atoms with Crippen molar-refractivity contribution in [1.29, 1.82) is 0 Å². The highest BCUT2D eigenvalue weighted by atomic mass is 16.6. The van der Waals surface area contributed by atoms with Crippen LogP contribution in [0, 0.1) is 0 Å². The summed E-state index contributed by atoms with van der Waals surface area (Å²) < 4.78 is 16.8. The second-order valence-electron chi connectivity index (χ2n) is 5.57. The average molecular weight is 310 g/mol. The van der Waals surface area contributed by atoms with Crippen LogP contribution in [0.5, 0.6) is 0 Å². The van der Waals surface area contributed by atoms with E-state index in [2.05, 4.69) is 30.3 Å². The van der Waals surface area contributed by atoms with E-state index in [0.29, 0.717) is 26.4 Å². The van der Waals surface area contributed by atoms with E-state index in [0.717, 1.165) is 0 Å². The van der Waals surface area contributed by atoms with Gasteiger partial charge < -0.3 is 14.2 Å². The number of rotatable bonds is 9. The van der Waals surface area contributed by atoms with Gasteiger partial charge in [-0.2, -0.15) is 0 Å². The Morgan fingerprint density at radius 2 is 1.43 bits per heavy atom.